The number of methoxy groups -OCH3 is 1. The molecule has 1 unspecified atom stereocenters. The molecule has 0 aromatic heterocycles. The molecule has 1 aliphatic rings. The molecule has 0 saturated heterocycles. The van der Waals surface area contributed by atoms with Crippen molar-refractivity contribution in [3.8, 4) is 5.75 Å². The Morgan fingerprint density at radius 2 is 1.66 bits per heavy atom. The SMILES string of the molecule is COc1ccc(S(=O)(=O)N(CC(=O)N(Cc2ccc(Cl)cc2Cl)C(C)C(=O)NC2CCCC2)c2ccccc2)cc1. The summed E-state index contributed by atoms with van der Waals surface area (Å²) in [5, 5.41) is 3.82. The van der Waals surface area contributed by atoms with E-state index < -0.39 is 28.5 Å². The number of ether oxygens (including phenoxy) is 1. The maximum Gasteiger partial charge on any atom is 0.264 e. The first kappa shape index (κ1) is 30.7. The lowest BCUT2D eigenvalue weighted by Crippen LogP contribution is -2.52. The van der Waals surface area contributed by atoms with E-state index in [0.717, 1.165) is 30.0 Å². The number of nitrogens with one attached hydrogen (secondary N) is 1. The molecule has 0 radical (unpaired) electrons. The van der Waals surface area contributed by atoms with Gasteiger partial charge >= 0.3 is 0 Å². The lowest BCUT2D eigenvalue weighted by Gasteiger charge is -2.32. The Balaban J connectivity index is 1.68. The van der Waals surface area contributed by atoms with Gasteiger partial charge in [0, 0.05) is 22.6 Å². The second-order valence-corrected chi connectivity index (χ2v) is 12.7. The second-order valence-electron chi connectivity index (χ2n) is 9.95. The average Bonchev–Trinajstić information content (AvgIpc) is 3.48. The first-order chi connectivity index (χ1) is 19.6. The summed E-state index contributed by atoms with van der Waals surface area (Å²) >= 11 is 12.5. The van der Waals surface area contributed by atoms with Crippen LogP contribution in [-0.4, -0.2) is 50.9 Å². The molecule has 1 N–H and O–H groups in total. The van der Waals surface area contributed by atoms with Crippen LogP contribution in [0.4, 0.5) is 5.69 Å². The highest BCUT2D eigenvalue weighted by atomic mass is 35.5. The van der Waals surface area contributed by atoms with E-state index in [9.17, 15) is 18.0 Å². The van der Waals surface area contributed by atoms with E-state index in [4.69, 9.17) is 27.9 Å². The Morgan fingerprint density at radius 1 is 1.00 bits per heavy atom. The van der Waals surface area contributed by atoms with Gasteiger partial charge in [-0.3, -0.25) is 13.9 Å². The van der Waals surface area contributed by atoms with E-state index in [1.165, 1.54) is 24.1 Å². The van der Waals surface area contributed by atoms with E-state index >= 15 is 0 Å². The Labute approximate surface area is 251 Å². The molecule has 0 heterocycles. The number of para-hydroxylation sites is 1. The number of anilines is 1. The van der Waals surface area contributed by atoms with Gasteiger partial charge in [0.05, 0.1) is 17.7 Å². The lowest BCUT2D eigenvalue weighted by atomic mass is 10.1. The zero-order chi connectivity index (χ0) is 29.6. The molecule has 0 bridgehead atoms. The number of rotatable bonds is 11. The number of amides is 2. The van der Waals surface area contributed by atoms with Crippen LogP contribution in [-0.2, 0) is 26.2 Å². The van der Waals surface area contributed by atoms with Gasteiger partial charge in [0.2, 0.25) is 11.8 Å². The fraction of sp³-hybridized carbons (Fsp3) is 0.333. The maximum atomic E-state index is 14.0. The van der Waals surface area contributed by atoms with Crippen molar-refractivity contribution in [1.29, 1.82) is 0 Å². The summed E-state index contributed by atoms with van der Waals surface area (Å²) in [4.78, 5) is 28.7. The zero-order valence-corrected chi connectivity index (χ0v) is 25.3. The van der Waals surface area contributed by atoms with Crippen LogP contribution in [0.1, 0.15) is 38.2 Å². The molecule has 1 saturated carbocycles. The van der Waals surface area contributed by atoms with E-state index in [1.807, 2.05) is 0 Å². The third-order valence-corrected chi connectivity index (χ3v) is 9.57. The van der Waals surface area contributed by atoms with Gasteiger partial charge in [0.15, 0.2) is 0 Å². The van der Waals surface area contributed by atoms with Gasteiger partial charge in [0.25, 0.3) is 10.0 Å². The number of sulfonamides is 1. The van der Waals surface area contributed by atoms with Crippen LogP contribution in [0.3, 0.4) is 0 Å². The minimum absolute atomic E-state index is 0.00530. The molecule has 0 aliphatic heterocycles. The molecule has 218 valence electrons. The second kappa shape index (κ2) is 13.6. The molecule has 11 heteroatoms. The molecule has 4 rings (SSSR count). The van der Waals surface area contributed by atoms with Crippen molar-refractivity contribution in [3.05, 3.63) is 88.4 Å². The maximum absolute atomic E-state index is 14.0. The summed E-state index contributed by atoms with van der Waals surface area (Å²) < 4.78 is 34.0. The largest absolute Gasteiger partial charge is 0.497 e. The third kappa shape index (κ3) is 7.52. The highest BCUT2D eigenvalue weighted by Crippen LogP contribution is 2.27. The Hall–Kier alpha value is -3.27. The summed E-state index contributed by atoms with van der Waals surface area (Å²) in [5.41, 5.74) is 0.887. The van der Waals surface area contributed by atoms with Crippen molar-refractivity contribution in [2.75, 3.05) is 18.0 Å². The molecule has 3 aromatic rings. The fourth-order valence-electron chi connectivity index (χ4n) is 4.81. The van der Waals surface area contributed by atoms with Crippen LogP contribution in [0.5, 0.6) is 5.75 Å². The smallest absolute Gasteiger partial charge is 0.264 e. The standard InChI is InChI=1S/C30H33Cl2N3O5S/c1-21(30(37)33-24-8-6-7-9-24)34(19-22-12-13-23(31)18-28(22)32)29(36)20-35(25-10-4-3-5-11-25)41(38,39)27-16-14-26(40-2)15-17-27/h3-5,10-18,21,24H,6-9,19-20H2,1-2H3,(H,33,37). The summed E-state index contributed by atoms with van der Waals surface area (Å²) in [7, 11) is -2.68. The normalized spacial score (nSPS) is 14.3. The number of nitrogens with zero attached hydrogens (tertiary/aromatic N) is 2. The predicted molar refractivity (Wildman–Crippen MR) is 161 cm³/mol. The van der Waals surface area contributed by atoms with Crippen molar-refractivity contribution in [2.45, 2.75) is 56.1 Å². The van der Waals surface area contributed by atoms with Gasteiger partial charge in [-0.05, 0) is 73.9 Å². The number of halogens is 2. The quantitative estimate of drug-likeness (QED) is 0.299. The van der Waals surface area contributed by atoms with Crippen LogP contribution in [0.15, 0.2) is 77.7 Å². The Kier molecular flexibility index (Phi) is 10.2. The number of carbonyl (C=O) groups excluding carboxylic acids is 2. The van der Waals surface area contributed by atoms with Crippen LogP contribution in [0.2, 0.25) is 10.0 Å². The average molecular weight is 619 g/mol. The van der Waals surface area contributed by atoms with E-state index in [-0.39, 0.29) is 23.4 Å². The Morgan fingerprint density at radius 3 is 2.27 bits per heavy atom. The van der Waals surface area contributed by atoms with Gasteiger partial charge in [-0.25, -0.2) is 8.42 Å². The van der Waals surface area contributed by atoms with Crippen LogP contribution in [0.25, 0.3) is 0 Å². The van der Waals surface area contributed by atoms with Crippen molar-refractivity contribution in [2.24, 2.45) is 0 Å². The summed E-state index contributed by atoms with van der Waals surface area (Å²) in [6, 6.07) is 18.4. The van der Waals surface area contributed by atoms with Crippen molar-refractivity contribution in [3.63, 3.8) is 0 Å². The van der Waals surface area contributed by atoms with Gasteiger partial charge < -0.3 is 15.0 Å². The number of hydrogen-bond donors (Lipinski definition) is 1. The van der Waals surface area contributed by atoms with Crippen LogP contribution >= 0.6 is 23.2 Å². The van der Waals surface area contributed by atoms with Crippen molar-refractivity contribution in [1.82, 2.24) is 10.2 Å². The monoisotopic (exact) mass is 617 g/mol. The molecule has 41 heavy (non-hydrogen) atoms. The molecule has 2 amide bonds. The van der Waals surface area contributed by atoms with E-state index in [1.54, 1.807) is 67.6 Å². The highest BCUT2D eigenvalue weighted by Gasteiger charge is 2.33. The summed E-state index contributed by atoms with van der Waals surface area (Å²) in [6.07, 6.45) is 3.85. The molecule has 0 spiro atoms. The number of hydrogen-bond acceptors (Lipinski definition) is 5. The van der Waals surface area contributed by atoms with Gasteiger partial charge in [-0.15, -0.1) is 0 Å². The molecule has 1 aliphatic carbocycles. The van der Waals surface area contributed by atoms with Crippen LogP contribution < -0.4 is 14.4 Å². The molecule has 8 nitrogen and oxygen atoms in total. The van der Waals surface area contributed by atoms with Gasteiger partial charge in [-0.2, -0.15) is 0 Å². The Bertz CT molecular complexity index is 1460. The first-order valence-corrected chi connectivity index (χ1v) is 15.6. The van der Waals surface area contributed by atoms with Crippen molar-refractivity contribution >= 4 is 50.7 Å². The van der Waals surface area contributed by atoms with Crippen LogP contribution in [0, 0.1) is 0 Å². The van der Waals surface area contributed by atoms with Gasteiger partial charge in [0.1, 0.15) is 18.3 Å². The molecular formula is C30H33Cl2N3O5S. The minimum Gasteiger partial charge on any atom is -0.497 e. The summed E-state index contributed by atoms with van der Waals surface area (Å²) in [5.74, 6) is -0.370. The van der Waals surface area contributed by atoms with Gasteiger partial charge in [-0.1, -0.05) is 60.3 Å². The molecule has 1 atom stereocenters. The highest BCUT2D eigenvalue weighted by molar-refractivity contribution is 7.92. The number of benzene rings is 3. The molecular weight excluding hydrogens is 585 g/mol. The minimum atomic E-state index is -4.17. The lowest BCUT2D eigenvalue weighted by molar-refractivity contribution is -0.139. The first-order valence-electron chi connectivity index (χ1n) is 13.4. The van der Waals surface area contributed by atoms with E-state index in [2.05, 4.69) is 5.32 Å². The third-order valence-electron chi connectivity index (χ3n) is 7.20. The number of carbonyl (C=O) groups is 2. The predicted octanol–water partition coefficient (Wildman–Crippen LogP) is 5.67. The zero-order valence-electron chi connectivity index (χ0n) is 22.9. The summed E-state index contributed by atoms with van der Waals surface area (Å²) in [6.45, 7) is 1.08. The van der Waals surface area contributed by atoms with Crippen molar-refractivity contribution < 1.29 is 22.7 Å². The fourth-order valence-corrected chi connectivity index (χ4v) is 6.69. The topological polar surface area (TPSA) is 96.0 Å². The molecule has 1 fully saturated rings. The van der Waals surface area contributed by atoms with E-state index in [0.29, 0.717) is 27.0 Å². The molecule has 3 aromatic carbocycles.